The average molecular weight is 495 g/mol. The number of nitrogens with zero attached hydrogens (tertiary/aromatic N) is 3. The van der Waals surface area contributed by atoms with Crippen LogP contribution in [0.4, 0.5) is 19.0 Å². The fourth-order valence-electron chi connectivity index (χ4n) is 3.16. The van der Waals surface area contributed by atoms with E-state index in [9.17, 15) is 21.6 Å². The molecule has 1 atom stereocenters. The van der Waals surface area contributed by atoms with Crippen LogP contribution in [0.3, 0.4) is 0 Å². The van der Waals surface area contributed by atoms with Crippen LogP contribution in [0.1, 0.15) is 21.4 Å². The van der Waals surface area contributed by atoms with Crippen LogP contribution in [0.2, 0.25) is 0 Å². The summed E-state index contributed by atoms with van der Waals surface area (Å²) in [7, 11) is -4.17. The molecule has 33 heavy (non-hydrogen) atoms. The van der Waals surface area contributed by atoms with Gasteiger partial charge < -0.3 is 4.74 Å². The van der Waals surface area contributed by atoms with Gasteiger partial charge in [0.15, 0.2) is 0 Å². The van der Waals surface area contributed by atoms with E-state index in [-0.39, 0.29) is 21.5 Å². The van der Waals surface area contributed by atoms with E-state index in [4.69, 9.17) is 4.74 Å². The van der Waals surface area contributed by atoms with Crippen molar-refractivity contribution in [1.82, 2.24) is 15.0 Å². The van der Waals surface area contributed by atoms with E-state index in [1.165, 1.54) is 41.8 Å². The van der Waals surface area contributed by atoms with Crippen LogP contribution in [0.5, 0.6) is 5.88 Å². The fraction of sp³-hybridized carbons (Fsp3) is 0.190. The van der Waals surface area contributed by atoms with Crippen LogP contribution in [-0.2, 0) is 10.0 Å². The SMILES string of the molecule is Cc1cc(S(=O)(=O)Nc2nc3ccccc3nc2OC(c2cccnc2)C(F)(F)F)c(C)s1. The number of sulfonamides is 1. The second-order valence-electron chi connectivity index (χ2n) is 7.07. The Kier molecular flexibility index (Phi) is 5.97. The number of pyridine rings is 1. The molecule has 172 valence electrons. The van der Waals surface area contributed by atoms with Crippen LogP contribution in [0, 0.1) is 13.8 Å². The van der Waals surface area contributed by atoms with Crippen LogP contribution in [0.15, 0.2) is 59.8 Å². The molecule has 0 saturated carbocycles. The molecule has 12 heteroatoms. The van der Waals surface area contributed by atoms with Crippen molar-refractivity contribution in [1.29, 1.82) is 0 Å². The Bertz CT molecular complexity index is 1410. The molecule has 0 fully saturated rings. The third kappa shape index (κ3) is 4.91. The highest BCUT2D eigenvalue weighted by Crippen LogP contribution is 2.39. The van der Waals surface area contributed by atoms with E-state index in [1.54, 1.807) is 32.0 Å². The zero-order valence-electron chi connectivity index (χ0n) is 17.3. The molecule has 3 aromatic heterocycles. The minimum Gasteiger partial charge on any atom is -0.457 e. The molecule has 1 N–H and O–H groups in total. The number of ether oxygens (including phenoxy) is 1. The first kappa shape index (κ1) is 22.9. The van der Waals surface area contributed by atoms with Gasteiger partial charge in [0.05, 0.1) is 11.0 Å². The van der Waals surface area contributed by atoms with Gasteiger partial charge in [0, 0.05) is 27.7 Å². The van der Waals surface area contributed by atoms with Crippen molar-refractivity contribution in [3.05, 3.63) is 70.2 Å². The number of benzene rings is 1. The van der Waals surface area contributed by atoms with Crippen LogP contribution < -0.4 is 9.46 Å². The molecule has 0 aliphatic carbocycles. The number of thiophene rings is 1. The molecular weight excluding hydrogens is 477 g/mol. The zero-order chi connectivity index (χ0) is 23.8. The van der Waals surface area contributed by atoms with Gasteiger partial charge in [-0.3, -0.25) is 9.71 Å². The number of anilines is 1. The number of halogens is 3. The Balaban J connectivity index is 1.82. The molecule has 4 aromatic rings. The van der Waals surface area contributed by atoms with Crippen LogP contribution in [-0.4, -0.2) is 29.5 Å². The van der Waals surface area contributed by atoms with Gasteiger partial charge in [-0.2, -0.15) is 13.2 Å². The topological polar surface area (TPSA) is 94.1 Å². The summed E-state index contributed by atoms with van der Waals surface area (Å²) in [4.78, 5) is 13.3. The van der Waals surface area contributed by atoms with Crippen LogP contribution >= 0.6 is 11.3 Å². The monoisotopic (exact) mass is 494 g/mol. The number of nitrogens with one attached hydrogen (secondary N) is 1. The average Bonchev–Trinajstić information content (AvgIpc) is 3.10. The highest BCUT2D eigenvalue weighted by atomic mass is 32.2. The number of aryl methyl sites for hydroxylation is 2. The number of alkyl halides is 3. The number of fused-ring (bicyclic) bond motifs is 1. The van der Waals surface area contributed by atoms with Crippen molar-refractivity contribution < 1.29 is 26.3 Å². The smallest absolute Gasteiger partial charge is 0.429 e. The Hall–Kier alpha value is -3.25. The lowest BCUT2D eigenvalue weighted by Crippen LogP contribution is -2.27. The second kappa shape index (κ2) is 8.60. The van der Waals surface area contributed by atoms with Crippen molar-refractivity contribution in [2.24, 2.45) is 0 Å². The number of hydrogen-bond acceptors (Lipinski definition) is 7. The summed E-state index contributed by atoms with van der Waals surface area (Å²) in [5, 5.41) is 0. The Morgan fingerprint density at radius 3 is 2.33 bits per heavy atom. The summed E-state index contributed by atoms with van der Waals surface area (Å²) < 4.78 is 75.1. The van der Waals surface area contributed by atoms with E-state index in [0.717, 1.165) is 11.1 Å². The van der Waals surface area contributed by atoms with Gasteiger partial charge in [-0.15, -0.1) is 11.3 Å². The molecule has 1 unspecified atom stereocenters. The predicted molar refractivity (Wildman–Crippen MR) is 118 cm³/mol. The summed E-state index contributed by atoms with van der Waals surface area (Å²) in [6.45, 7) is 3.39. The van der Waals surface area contributed by atoms with Gasteiger partial charge in [-0.25, -0.2) is 18.4 Å². The molecule has 7 nitrogen and oxygen atoms in total. The highest BCUT2D eigenvalue weighted by Gasteiger charge is 2.44. The third-order valence-corrected chi connectivity index (χ3v) is 7.13. The first-order valence-electron chi connectivity index (χ1n) is 9.54. The van der Waals surface area contributed by atoms with Crippen molar-refractivity contribution in [3.63, 3.8) is 0 Å². The molecule has 0 saturated heterocycles. The summed E-state index contributed by atoms with van der Waals surface area (Å²) in [5.74, 6) is -1.05. The summed E-state index contributed by atoms with van der Waals surface area (Å²) in [6, 6.07) is 10.4. The van der Waals surface area contributed by atoms with Crippen molar-refractivity contribution >= 4 is 38.2 Å². The number of rotatable bonds is 6. The van der Waals surface area contributed by atoms with Gasteiger partial charge >= 0.3 is 6.18 Å². The summed E-state index contributed by atoms with van der Waals surface area (Å²) in [6.07, 6.45) is -4.91. The Labute approximate surface area is 191 Å². The fourth-order valence-corrected chi connectivity index (χ4v) is 5.71. The first-order chi connectivity index (χ1) is 15.5. The largest absolute Gasteiger partial charge is 0.457 e. The van der Waals surface area contributed by atoms with E-state index in [0.29, 0.717) is 4.88 Å². The van der Waals surface area contributed by atoms with Gasteiger partial charge in [-0.05, 0) is 38.1 Å². The second-order valence-corrected chi connectivity index (χ2v) is 10.2. The molecule has 0 aliphatic heterocycles. The zero-order valence-corrected chi connectivity index (χ0v) is 18.9. The molecule has 0 aliphatic rings. The maximum Gasteiger partial charge on any atom is 0.429 e. The summed E-state index contributed by atoms with van der Waals surface area (Å²) >= 11 is 1.28. The minimum atomic E-state index is -4.83. The molecule has 1 aromatic carbocycles. The molecule has 4 rings (SSSR count). The van der Waals surface area contributed by atoms with Crippen molar-refractivity contribution in [2.75, 3.05) is 4.72 Å². The van der Waals surface area contributed by atoms with E-state index < -0.39 is 34.0 Å². The Morgan fingerprint density at radius 1 is 1.06 bits per heavy atom. The van der Waals surface area contributed by atoms with E-state index >= 15 is 0 Å². The lowest BCUT2D eigenvalue weighted by Gasteiger charge is -2.22. The maximum atomic E-state index is 13.9. The predicted octanol–water partition coefficient (Wildman–Crippen LogP) is 5.19. The third-order valence-electron chi connectivity index (χ3n) is 4.57. The number of hydrogen-bond donors (Lipinski definition) is 1. The highest BCUT2D eigenvalue weighted by molar-refractivity contribution is 7.93. The maximum absolute atomic E-state index is 13.9. The quantitative estimate of drug-likeness (QED) is 0.397. The molecule has 0 amide bonds. The molecule has 0 radical (unpaired) electrons. The molecule has 3 heterocycles. The number of para-hydroxylation sites is 2. The van der Waals surface area contributed by atoms with Gasteiger partial charge in [-0.1, -0.05) is 18.2 Å². The first-order valence-corrected chi connectivity index (χ1v) is 11.8. The van der Waals surface area contributed by atoms with E-state index in [2.05, 4.69) is 19.7 Å². The lowest BCUT2D eigenvalue weighted by atomic mass is 10.1. The van der Waals surface area contributed by atoms with Crippen LogP contribution in [0.25, 0.3) is 11.0 Å². The van der Waals surface area contributed by atoms with Gasteiger partial charge in [0.25, 0.3) is 15.9 Å². The van der Waals surface area contributed by atoms with E-state index in [1.807, 2.05) is 0 Å². The standard InChI is InChI=1S/C21H17F3N4O3S2/c1-12-10-17(13(2)32-12)33(29,30)28-19-20(27-16-8-4-3-7-15(16)26-19)31-18(21(22,23)24)14-6-5-9-25-11-14/h3-11,18H,1-2H3,(H,26,28). The van der Waals surface area contributed by atoms with Gasteiger partial charge in [0.1, 0.15) is 4.90 Å². The molecule has 0 bridgehead atoms. The summed E-state index contributed by atoms with van der Waals surface area (Å²) in [5.41, 5.74) is 0.258. The lowest BCUT2D eigenvalue weighted by molar-refractivity contribution is -0.198. The van der Waals surface area contributed by atoms with Gasteiger partial charge in [0.2, 0.25) is 11.9 Å². The normalized spacial score (nSPS) is 13.1. The van der Waals surface area contributed by atoms with Crippen molar-refractivity contribution in [3.8, 4) is 5.88 Å². The van der Waals surface area contributed by atoms with Crippen molar-refractivity contribution in [2.45, 2.75) is 31.0 Å². The minimum absolute atomic E-state index is 0.00513. The Morgan fingerprint density at radius 2 is 1.76 bits per heavy atom. The number of aromatic nitrogens is 3. The molecule has 0 spiro atoms. The molecular formula is C21H17F3N4O3S2.